The average Bonchev–Trinajstić information content (AvgIpc) is 2.48. The van der Waals surface area contributed by atoms with Gasteiger partial charge in [0.05, 0.1) is 9.82 Å². The minimum absolute atomic E-state index is 0.265. The predicted molar refractivity (Wildman–Crippen MR) is 81.9 cm³/mol. The largest absolute Gasteiger partial charge is 0.314 e. The van der Waals surface area contributed by atoms with E-state index in [0.717, 1.165) is 32.2 Å². The lowest BCUT2D eigenvalue weighted by atomic mass is 10.2. The Kier molecular flexibility index (Phi) is 4.96. The Hall–Kier alpha value is -1.75. The molecular weight excluding hydrogens is 310 g/mol. The molecule has 0 bridgehead atoms. The van der Waals surface area contributed by atoms with E-state index in [-0.39, 0.29) is 10.6 Å². The van der Waals surface area contributed by atoms with E-state index in [4.69, 9.17) is 5.14 Å². The molecule has 3 N–H and O–H groups in total. The van der Waals surface area contributed by atoms with Crippen LogP contribution in [0.2, 0.25) is 0 Å². The van der Waals surface area contributed by atoms with E-state index in [1.807, 2.05) is 11.9 Å². The highest BCUT2D eigenvalue weighted by molar-refractivity contribution is 7.89. The molecule has 0 unspecified atom stereocenters. The third-order valence-electron chi connectivity index (χ3n) is 3.48. The van der Waals surface area contributed by atoms with Gasteiger partial charge >= 0.3 is 0 Å². The van der Waals surface area contributed by atoms with Gasteiger partial charge in [-0.15, -0.1) is 0 Å². The van der Waals surface area contributed by atoms with Crippen molar-refractivity contribution >= 4 is 21.4 Å². The summed E-state index contributed by atoms with van der Waals surface area (Å²) in [6.45, 7) is 5.46. The van der Waals surface area contributed by atoms with Gasteiger partial charge in [0.2, 0.25) is 10.0 Å². The first-order chi connectivity index (χ1) is 10.3. The van der Waals surface area contributed by atoms with E-state index in [1.54, 1.807) is 5.01 Å². The molecule has 1 heterocycles. The Balaban J connectivity index is 2.45. The first-order valence-corrected chi connectivity index (χ1v) is 8.43. The zero-order valence-electron chi connectivity index (χ0n) is 12.2. The number of piperazine rings is 1. The highest BCUT2D eigenvalue weighted by atomic mass is 32.2. The normalized spacial score (nSPS) is 16.5. The number of anilines is 1. The molecule has 1 aromatic carbocycles. The first-order valence-electron chi connectivity index (χ1n) is 6.89. The molecule has 1 saturated heterocycles. The lowest BCUT2D eigenvalue weighted by Crippen LogP contribution is -2.52. The van der Waals surface area contributed by atoms with Gasteiger partial charge < -0.3 is 5.32 Å². The molecular formula is C12H19N5O4S. The standard InChI is InChI=1S/C12H19N5O4S/c1-2-16(15-7-5-14-6-8-15)11-4-3-10(22(13,20)21)9-12(11)17(18)19/h3-4,9,14H,2,5-8H2,1H3,(H2,13,20,21). The summed E-state index contributed by atoms with van der Waals surface area (Å²) in [5.74, 6) is 0. The van der Waals surface area contributed by atoms with Crippen molar-refractivity contribution in [1.82, 2.24) is 10.3 Å². The number of primary sulfonamides is 1. The van der Waals surface area contributed by atoms with Crippen molar-refractivity contribution in [2.75, 3.05) is 37.7 Å². The van der Waals surface area contributed by atoms with Crippen LogP contribution in [0.3, 0.4) is 0 Å². The molecule has 0 radical (unpaired) electrons. The number of hydrogen-bond acceptors (Lipinski definition) is 7. The fourth-order valence-corrected chi connectivity index (χ4v) is 3.00. The third-order valence-corrected chi connectivity index (χ3v) is 4.40. The Morgan fingerprint density at radius 3 is 2.55 bits per heavy atom. The van der Waals surface area contributed by atoms with E-state index in [0.29, 0.717) is 12.2 Å². The summed E-state index contributed by atoms with van der Waals surface area (Å²) in [5, 5.41) is 23.4. The van der Waals surface area contributed by atoms with Gasteiger partial charge in [-0.25, -0.2) is 18.6 Å². The van der Waals surface area contributed by atoms with Crippen LogP contribution < -0.4 is 15.5 Å². The van der Waals surface area contributed by atoms with Crippen LogP contribution in [-0.2, 0) is 10.0 Å². The number of benzene rings is 1. The second kappa shape index (κ2) is 6.57. The Morgan fingerprint density at radius 1 is 1.41 bits per heavy atom. The highest BCUT2D eigenvalue weighted by Crippen LogP contribution is 2.31. The van der Waals surface area contributed by atoms with Crippen molar-refractivity contribution in [2.45, 2.75) is 11.8 Å². The number of nitro benzene ring substituents is 1. The SMILES string of the molecule is CCN(c1ccc(S(N)(=O)=O)cc1[N+](=O)[O-])N1CCNCC1. The van der Waals surface area contributed by atoms with Crippen LogP contribution in [0.25, 0.3) is 0 Å². The van der Waals surface area contributed by atoms with E-state index in [1.165, 1.54) is 12.1 Å². The Labute approximate surface area is 128 Å². The number of hydrogen-bond donors (Lipinski definition) is 2. The van der Waals surface area contributed by atoms with Crippen molar-refractivity contribution in [3.8, 4) is 0 Å². The van der Waals surface area contributed by atoms with Crippen molar-refractivity contribution in [2.24, 2.45) is 5.14 Å². The molecule has 1 fully saturated rings. The van der Waals surface area contributed by atoms with Crippen molar-refractivity contribution in [1.29, 1.82) is 0 Å². The molecule has 0 amide bonds. The third kappa shape index (κ3) is 3.53. The van der Waals surface area contributed by atoms with Crippen LogP contribution in [-0.4, -0.2) is 51.1 Å². The van der Waals surface area contributed by atoms with E-state index < -0.39 is 14.9 Å². The summed E-state index contributed by atoms with van der Waals surface area (Å²) < 4.78 is 22.8. The zero-order valence-corrected chi connectivity index (χ0v) is 13.0. The molecule has 0 aromatic heterocycles. The summed E-state index contributed by atoms with van der Waals surface area (Å²) in [6, 6.07) is 3.74. The van der Waals surface area contributed by atoms with Crippen LogP contribution in [0.15, 0.2) is 23.1 Å². The molecule has 22 heavy (non-hydrogen) atoms. The number of hydrazine groups is 1. The van der Waals surface area contributed by atoms with Gasteiger partial charge in [-0.05, 0) is 19.1 Å². The molecule has 122 valence electrons. The second-order valence-electron chi connectivity index (χ2n) is 4.87. The van der Waals surface area contributed by atoms with E-state index in [2.05, 4.69) is 5.32 Å². The number of rotatable bonds is 5. The summed E-state index contributed by atoms with van der Waals surface area (Å²) in [5.41, 5.74) is 0.0914. The number of nitrogens with one attached hydrogen (secondary N) is 1. The molecule has 0 saturated carbocycles. The maximum Gasteiger partial charge on any atom is 0.295 e. The first kappa shape index (κ1) is 16.6. The fraction of sp³-hybridized carbons (Fsp3) is 0.500. The van der Waals surface area contributed by atoms with Crippen LogP contribution in [0.5, 0.6) is 0 Å². The van der Waals surface area contributed by atoms with Gasteiger partial charge in [0, 0.05) is 38.8 Å². The monoisotopic (exact) mass is 329 g/mol. The number of nitrogens with two attached hydrogens (primary N) is 1. The van der Waals surface area contributed by atoms with Gasteiger partial charge in [0.15, 0.2) is 0 Å². The maximum absolute atomic E-state index is 11.4. The van der Waals surface area contributed by atoms with Gasteiger partial charge in [0.25, 0.3) is 5.69 Å². The number of nitro groups is 1. The van der Waals surface area contributed by atoms with Crippen molar-refractivity contribution in [3.05, 3.63) is 28.3 Å². The van der Waals surface area contributed by atoms with Crippen LogP contribution in [0, 0.1) is 10.1 Å². The lowest BCUT2D eigenvalue weighted by Gasteiger charge is -2.38. The molecule has 0 spiro atoms. The second-order valence-corrected chi connectivity index (χ2v) is 6.43. The molecule has 9 nitrogen and oxygen atoms in total. The minimum Gasteiger partial charge on any atom is -0.314 e. The van der Waals surface area contributed by atoms with Gasteiger partial charge in [-0.2, -0.15) is 0 Å². The Bertz CT molecular complexity index is 657. The van der Waals surface area contributed by atoms with Gasteiger partial charge in [-0.3, -0.25) is 15.1 Å². The van der Waals surface area contributed by atoms with Gasteiger partial charge in [0.1, 0.15) is 5.69 Å². The molecule has 0 aliphatic carbocycles. The summed E-state index contributed by atoms with van der Waals surface area (Å²) >= 11 is 0. The van der Waals surface area contributed by atoms with E-state index in [9.17, 15) is 18.5 Å². The molecule has 10 heteroatoms. The Morgan fingerprint density at radius 2 is 2.05 bits per heavy atom. The predicted octanol–water partition coefficient (Wildman–Crippen LogP) is -0.111. The highest BCUT2D eigenvalue weighted by Gasteiger charge is 2.26. The van der Waals surface area contributed by atoms with Crippen LogP contribution in [0.4, 0.5) is 11.4 Å². The molecule has 1 aliphatic rings. The smallest absolute Gasteiger partial charge is 0.295 e. The topological polar surface area (TPSA) is 122 Å². The van der Waals surface area contributed by atoms with Crippen LogP contribution in [0.1, 0.15) is 6.92 Å². The number of sulfonamides is 1. The molecule has 2 rings (SSSR count). The zero-order chi connectivity index (χ0) is 16.3. The maximum atomic E-state index is 11.4. The lowest BCUT2D eigenvalue weighted by molar-refractivity contribution is -0.384. The average molecular weight is 329 g/mol. The van der Waals surface area contributed by atoms with E-state index >= 15 is 0 Å². The van der Waals surface area contributed by atoms with Crippen molar-refractivity contribution in [3.63, 3.8) is 0 Å². The number of nitrogens with zero attached hydrogens (tertiary/aromatic N) is 3. The van der Waals surface area contributed by atoms with Crippen molar-refractivity contribution < 1.29 is 13.3 Å². The summed E-state index contributed by atoms with van der Waals surface area (Å²) in [6.07, 6.45) is 0. The summed E-state index contributed by atoms with van der Waals surface area (Å²) in [7, 11) is -3.98. The molecule has 1 aliphatic heterocycles. The fourth-order valence-electron chi connectivity index (χ4n) is 2.46. The quantitative estimate of drug-likeness (QED) is 0.571. The molecule has 1 aromatic rings. The van der Waals surface area contributed by atoms with Gasteiger partial charge in [-0.1, -0.05) is 0 Å². The van der Waals surface area contributed by atoms with Crippen LogP contribution >= 0.6 is 0 Å². The minimum atomic E-state index is -3.98. The molecule has 0 atom stereocenters. The summed E-state index contributed by atoms with van der Waals surface area (Å²) in [4.78, 5) is 10.5.